The first-order valence-corrected chi connectivity index (χ1v) is 24.4. The van der Waals surface area contributed by atoms with Crippen LogP contribution in [0.2, 0.25) is 0 Å². The monoisotopic (exact) mass is 719 g/mol. The van der Waals surface area contributed by atoms with Gasteiger partial charge in [-0.1, -0.05) is 284 Å². The highest BCUT2D eigenvalue weighted by atomic mass is 16.4. The highest BCUT2D eigenvalue weighted by Crippen LogP contribution is 2.23. The van der Waals surface area contributed by atoms with E-state index in [2.05, 4.69) is 13.8 Å². The van der Waals surface area contributed by atoms with Gasteiger partial charge in [-0.15, -0.1) is 0 Å². The van der Waals surface area contributed by atoms with Crippen molar-refractivity contribution < 1.29 is 9.90 Å². The zero-order valence-electron chi connectivity index (χ0n) is 35.8. The molecule has 1 unspecified atom stereocenters. The maximum absolute atomic E-state index is 11.4. The van der Waals surface area contributed by atoms with Gasteiger partial charge in [0.1, 0.15) is 0 Å². The third-order valence-corrected chi connectivity index (χ3v) is 11.9. The number of carboxylic acids is 1. The Hall–Kier alpha value is -0.530. The maximum atomic E-state index is 11.4. The molecule has 1 atom stereocenters. The van der Waals surface area contributed by atoms with Gasteiger partial charge in [0, 0.05) is 6.42 Å². The molecule has 0 spiro atoms. The first-order valence-electron chi connectivity index (χ1n) is 24.4. The molecular weight excluding hydrogens is 621 g/mol. The summed E-state index contributed by atoms with van der Waals surface area (Å²) in [6.45, 7) is 4.60. The minimum atomic E-state index is -0.591. The van der Waals surface area contributed by atoms with Gasteiger partial charge >= 0.3 is 5.97 Å². The van der Waals surface area contributed by atoms with Crippen molar-refractivity contribution in [2.24, 2.45) is 5.92 Å². The average Bonchev–Trinajstić information content (AvgIpc) is 3.12. The predicted octanol–water partition coefficient (Wildman–Crippen LogP) is 18.3. The van der Waals surface area contributed by atoms with Gasteiger partial charge in [-0.05, 0) is 18.8 Å². The van der Waals surface area contributed by atoms with Gasteiger partial charge in [0.2, 0.25) is 0 Å². The Morgan fingerprint density at radius 3 is 0.608 bits per heavy atom. The van der Waals surface area contributed by atoms with E-state index in [9.17, 15) is 9.90 Å². The molecule has 0 aliphatic rings. The van der Waals surface area contributed by atoms with Crippen LogP contribution in [0.4, 0.5) is 0 Å². The van der Waals surface area contributed by atoms with Crippen molar-refractivity contribution in [2.75, 3.05) is 0 Å². The fourth-order valence-corrected chi connectivity index (χ4v) is 8.33. The Kier molecular flexibility index (Phi) is 45.2. The summed E-state index contributed by atoms with van der Waals surface area (Å²) in [4.78, 5) is 11.4. The second kappa shape index (κ2) is 45.6. The molecule has 0 heterocycles. The van der Waals surface area contributed by atoms with E-state index in [4.69, 9.17) is 0 Å². The second-order valence-corrected chi connectivity index (χ2v) is 17.2. The zero-order chi connectivity index (χ0) is 37.0. The van der Waals surface area contributed by atoms with E-state index in [0.717, 1.165) is 12.8 Å². The fourth-order valence-electron chi connectivity index (χ4n) is 8.33. The molecule has 1 N–H and O–H groups in total. The molecule has 0 rings (SSSR count). The quantitative estimate of drug-likeness (QED) is 0.0636. The topological polar surface area (TPSA) is 37.3 Å². The lowest BCUT2D eigenvalue weighted by Gasteiger charge is -2.14. The summed E-state index contributed by atoms with van der Waals surface area (Å²) in [5.41, 5.74) is 0. The van der Waals surface area contributed by atoms with E-state index in [0.29, 0.717) is 12.3 Å². The van der Waals surface area contributed by atoms with Crippen LogP contribution in [0.15, 0.2) is 0 Å². The minimum absolute atomic E-state index is 0.387. The van der Waals surface area contributed by atoms with Crippen LogP contribution in [-0.4, -0.2) is 11.1 Å². The molecule has 51 heavy (non-hydrogen) atoms. The Balaban J connectivity index is 3.41. The molecule has 0 fully saturated rings. The summed E-state index contributed by atoms with van der Waals surface area (Å²) < 4.78 is 0. The summed E-state index contributed by atoms with van der Waals surface area (Å²) in [5, 5.41) is 9.43. The number of aliphatic carboxylic acids is 1. The van der Waals surface area contributed by atoms with Crippen LogP contribution >= 0.6 is 0 Å². The van der Waals surface area contributed by atoms with Crippen LogP contribution in [0.1, 0.15) is 303 Å². The van der Waals surface area contributed by atoms with Gasteiger partial charge in [-0.2, -0.15) is 0 Å². The Bertz CT molecular complexity index is 630. The zero-order valence-corrected chi connectivity index (χ0v) is 35.8. The number of carboxylic acid groups (broad SMARTS) is 1. The van der Waals surface area contributed by atoms with Gasteiger partial charge in [-0.25, -0.2) is 0 Å². The van der Waals surface area contributed by atoms with Crippen LogP contribution in [0, 0.1) is 5.92 Å². The normalized spacial score (nSPS) is 12.2. The van der Waals surface area contributed by atoms with Crippen LogP contribution < -0.4 is 0 Å². The number of rotatable bonds is 46. The van der Waals surface area contributed by atoms with Crippen LogP contribution in [0.25, 0.3) is 0 Å². The third-order valence-electron chi connectivity index (χ3n) is 11.9. The lowest BCUT2D eigenvalue weighted by Crippen LogP contribution is -2.08. The van der Waals surface area contributed by atoms with Crippen molar-refractivity contribution in [1.29, 1.82) is 0 Å². The summed E-state index contributed by atoms with van der Waals surface area (Å²) in [7, 11) is 0. The molecule has 0 aliphatic heterocycles. The average molecular weight is 719 g/mol. The SMILES string of the molecule is CCCCCCCCCCCCCCCCCCCCCCCCC(CCCCCCCCCCCCCCCCCCCCCC)CC(=O)O. The van der Waals surface area contributed by atoms with Crippen LogP contribution in [-0.2, 0) is 4.79 Å². The third kappa shape index (κ3) is 45.6. The summed E-state index contributed by atoms with van der Waals surface area (Å²) in [5.74, 6) is -0.185. The van der Waals surface area contributed by atoms with Gasteiger partial charge < -0.3 is 5.11 Å². The van der Waals surface area contributed by atoms with Gasteiger partial charge in [-0.3, -0.25) is 4.79 Å². The van der Waals surface area contributed by atoms with Crippen molar-refractivity contribution in [3.63, 3.8) is 0 Å². The Morgan fingerprint density at radius 2 is 0.451 bits per heavy atom. The van der Waals surface area contributed by atoms with E-state index >= 15 is 0 Å². The van der Waals surface area contributed by atoms with Gasteiger partial charge in [0.05, 0.1) is 0 Å². The molecule has 0 saturated heterocycles. The van der Waals surface area contributed by atoms with E-state index in [-0.39, 0.29) is 0 Å². The Morgan fingerprint density at radius 1 is 0.294 bits per heavy atom. The number of hydrogen-bond donors (Lipinski definition) is 1. The van der Waals surface area contributed by atoms with Crippen LogP contribution in [0.3, 0.4) is 0 Å². The summed E-state index contributed by atoms with van der Waals surface area (Å²) in [6.07, 6.45) is 62.2. The smallest absolute Gasteiger partial charge is 0.303 e. The first kappa shape index (κ1) is 50.5. The van der Waals surface area contributed by atoms with Gasteiger partial charge in [0.25, 0.3) is 0 Å². The molecule has 0 aromatic heterocycles. The molecule has 0 bridgehead atoms. The summed E-state index contributed by atoms with van der Waals surface area (Å²) in [6, 6.07) is 0. The Labute approximate surface area is 323 Å². The lowest BCUT2D eigenvalue weighted by atomic mass is 9.91. The van der Waals surface area contributed by atoms with Crippen molar-refractivity contribution in [1.82, 2.24) is 0 Å². The highest BCUT2D eigenvalue weighted by Gasteiger charge is 2.13. The highest BCUT2D eigenvalue weighted by molar-refractivity contribution is 5.66. The standard InChI is InChI=1S/C49H98O2/c1-3-5-7-9-11-13-15-17-19-21-23-25-26-28-30-32-34-36-38-40-42-44-46-48(47-49(50)51)45-43-41-39-37-35-33-31-29-27-24-22-20-18-16-14-12-10-8-6-4-2/h48H,3-47H2,1-2H3,(H,50,51). The van der Waals surface area contributed by atoms with Crippen molar-refractivity contribution >= 4 is 5.97 Å². The first-order chi connectivity index (χ1) is 25.2. The predicted molar refractivity (Wildman–Crippen MR) is 230 cm³/mol. The summed E-state index contributed by atoms with van der Waals surface area (Å²) >= 11 is 0. The van der Waals surface area contributed by atoms with Crippen LogP contribution in [0.5, 0.6) is 0 Å². The lowest BCUT2D eigenvalue weighted by molar-refractivity contribution is -0.138. The molecule has 0 aromatic rings. The molecule has 0 radical (unpaired) electrons. The number of hydrogen-bond acceptors (Lipinski definition) is 1. The number of carbonyl (C=O) groups is 1. The molecule has 2 heteroatoms. The van der Waals surface area contributed by atoms with Crippen molar-refractivity contribution in [3.8, 4) is 0 Å². The van der Waals surface area contributed by atoms with E-state index in [1.807, 2.05) is 0 Å². The molecule has 0 amide bonds. The molecule has 0 aromatic carbocycles. The molecule has 306 valence electrons. The van der Waals surface area contributed by atoms with E-state index < -0.39 is 5.97 Å². The van der Waals surface area contributed by atoms with Crippen molar-refractivity contribution in [2.45, 2.75) is 303 Å². The van der Waals surface area contributed by atoms with Crippen molar-refractivity contribution in [3.05, 3.63) is 0 Å². The van der Waals surface area contributed by atoms with E-state index in [1.165, 1.54) is 270 Å². The van der Waals surface area contributed by atoms with E-state index in [1.54, 1.807) is 0 Å². The molecule has 2 nitrogen and oxygen atoms in total. The second-order valence-electron chi connectivity index (χ2n) is 17.2. The molecular formula is C49H98O2. The number of unbranched alkanes of at least 4 members (excludes halogenated alkanes) is 40. The molecule has 0 saturated carbocycles. The largest absolute Gasteiger partial charge is 0.481 e. The molecule has 0 aliphatic carbocycles. The fraction of sp³-hybridized carbons (Fsp3) is 0.980. The minimum Gasteiger partial charge on any atom is -0.481 e. The van der Waals surface area contributed by atoms with Gasteiger partial charge in [0.15, 0.2) is 0 Å². The maximum Gasteiger partial charge on any atom is 0.303 e.